The Labute approximate surface area is 126 Å². The van der Waals surface area contributed by atoms with Crippen LogP contribution in [-0.2, 0) is 11.2 Å². The van der Waals surface area contributed by atoms with Gasteiger partial charge in [0, 0.05) is 18.3 Å². The van der Waals surface area contributed by atoms with Gasteiger partial charge >= 0.3 is 0 Å². The molecule has 1 aliphatic rings. The predicted octanol–water partition coefficient (Wildman–Crippen LogP) is 1.44. The van der Waals surface area contributed by atoms with Crippen molar-refractivity contribution in [3.05, 3.63) is 24.0 Å². The average molecular weight is 290 g/mol. The number of anilines is 1. The van der Waals surface area contributed by atoms with Gasteiger partial charge in [-0.1, -0.05) is 13.8 Å². The number of pyridine rings is 1. The number of rotatable bonds is 6. The number of hydrogen-bond acceptors (Lipinski definition) is 4. The minimum absolute atomic E-state index is 0.0251. The molecule has 0 bridgehead atoms. The monoisotopic (exact) mass is 290 g/mol. The van der Waals surface area contributed by atoms with E-state index in [1.165, 1.54) is 12.8 Å². The Hall–Kier alpha value is -1.62. The van der Waals surface area contributed by atoms with Crippen molar-refractivity contribution in [2.45, 2.75) is 39.2 Å². The lowest BCUT2D eigenvalue weighted by atomic mass is 10.0. The van der Waals surface area contributed by atoms with E-state index in [-0.39, 0.29) is 5.91 Å². The third-order valence-corrected chi connectivity index (χ3v) is 4.08. The first-order valence-electron chi connectivity index (χ1n) is 7.77. The Kier molecular flexibility index (Phi) is 5.56. The summed E-state index contributed by atoms with van der Waals surface area (Å²) in [5, 5.41) is 3.05. The normalized spacial score (nSPS) is 17.1. The molecule has 1 aliphatic heterocycles. The van der Waals surface area contributed by atoms with Crippen LogP contribution in [0, 0.1) is 5.92 Å². The highest BCUT2D eigenvalue weighted by atomic mass is 16.1. The van der Waals surface area contributed by atoms with Crippen LogP contribution in [0.15, 0.2) is 18.3 Å². The molecule has 21 heavy (non-hydrogen) atoms. The highest BCUT2D eigenvalue weighted by Crippen LogP contribution is 2.17. The number of nitrogens with zero attached hydrogens (tertiary/aromatic N) is 2. The maximum atomic E-state index is 12.0. The summed E-state index contributed by atoms with van der Waals surface area (Å²) < 4.78 is 0. The van der Waals surface area contributed by atoms with Gasteiger partial charge in [-0.15, -0.1) is 0 Å². The van der Waals surface area contributed by atoms with Gasteiger partial charge in [0.15, 0.2) is 0 Å². The van der Waals surface area contributed by atoms with Gasteiger partial charge in [0.2, 0.25) is 5.91 Å². The van der Waals surface area contributed by atoms with E-state index in [1.807, 2.05) is 0 Å². The van der Waals surface area contributed by atoms with E-state index in [9.17, 15) is 4.79 Å². The Morgan fingerprint density at radius 3 is 2.67 bits per heavy atom. The molecule has 1 aromatic rings. The zero-order chi connectivity index (χ0) is 15.2. The van der Waals surface area contributed by atoms with E-state index < -0.39 is 0 Å². The molecule has 1 amide bonds. The fourth-order valence-corrected chi connectivity index (χ4v) is 2.85. The first kappa shape index (κ1) is 15.8. The minimum atomic E-state index is 0.0251. The molecule has 5 nitrogen and oxygen atoms in total. The van der Waals surface area contributed by atoms with Gasteiger partial charge in [-0.25, -0.2) is 0 Å². The number of likely N-dealkylation sites (tertiary alicyclic amines) is 1. The van der Waals surface area contributed by atoms with Crippen molar-refractivity contribution in [3.63, 3.8) is 0 Å². The lowest BCUT2D eigenvalue weighted by Gasteiger charge is -2.31. The molecule has 1 atom stereocenters. The molecule has 0 aliphatic carbocycles. The zero-order valence-electron chi connectivity index (χ0n) is 13.0. The van der Waals surface area contributed by atoms with Crippen LogP contribution >= 0.6 is 0 Å². The molecule has 1 saturated heterocycles. The summed E-state index contributed by atoms with van der Waals surface area (Å²) in [5.74, 6) is 0.565. The zero-order valence-corrected chi connectivity index (χ0v) is 13.0. The van der Waals surface area contributed by atoms with Crippen LogP contribution < -0.4 is 11.1 Å². The van der Waals surface area contributed by atoms with Crippen LogP contribution in [-0.4, -0.2) is 41.5 Å². The lowest BCUT2D eigenvalue weighted by Crippen LogP contribution is -2.46. The molecular weight excluding hydrogens is 264 g/mol. The number of nitrogens with two attached hydrogens (primary N) is 1. The van der Waals surface area contributed by atoms with E-state index >= 15 is 0 Å². The fraction of sp³-hybridized carbons (Fsp3) is 0.625. The first-order chi connectivity index (χ1) is 10.1. The number of carbonyl (C=O) groups is 1. The SMILES string of the molecule is CC(C)C(CNC(=O)Cc1ccc(N)cn1)N1CCCC1. The number of nitrogen functional groups attached to an aromatic ring is 1. The van der Waals surface area contributed by atoms with Crippen molar-refractivity contribution in [2.24, 2.45) is 5.92 Å². The van der Waals surface area contributed by atoms with Crippen LogP contribution in [0.2, 0.25) is 0 Å². The Balaban J connectivity index is 1.82. The Morgan fingerprint density at radius 1 is 1.38 bits per heavy atom. The molecular formula is C16H26N4O. The van der Waals surface area contributed by atoms with Gasteiger partial charge in [-0.05, 0) is 44.0 Å². The van der Waals surface area contributed by atoms with Crippen molar-refractivity contribution < 1.29 is 4.79 Å². The Bertz CT molecular complexity index is 452. The molecule has 2 heterocycles. The van der Waals surface area contributed by atoms with Crippen molar-refractivity contribution >= 4 is 11.6 Å². The van der Waals surface area contributed by atoms with E-state index in [0.29, 0.717) is 30.6 Å². The topological polar surface area (TPSA) is 71.2 Å². The predicted molar refractivity (Wildman–Crippen MR) is 84.8 cm³/mol. The first-order valence-corrected chi connectivity index (χ1v) is 7.77. The van der Waals surface area contributed by atoms with Crippen LogP contribution in [0.1, 0.15) is 32.4 Å². The second-order valence-corrected chi connectivity index (χ2v) is 6.12. The van der Waals surface area contributed by atoms with Gasteiger partial charge < -0.3 is 11.1 Å². The summed E-state index contributed by atoms with van der Waals surface area (Å²) in [7, 11) is 0. The van der Waals surface area contributed by atoms with Crippen LogP contribution in [0.3, 0.4) is 0 Å². The number of carbonyl (C=O) groups excluding carboxylic acids is 1. The average Bonchev–Trinajstić information content (AvgIpc) is 2.95. The number of aromatic nitrogens is 1. The molecule has 1 fully saturated rings. The highest BCUT2D eigenvalue weighted by molar-refractivity contribution is 5.78. The summed E-state index contributed by atoms with van der Waals surface area (Å²) in [6.07, 6.45) is 4.44. The molecule has 2 rings (SSSR count). The maximum absolute atomic E-state index is 12.0. The van der Waals surface area contributed by atoms with E-state index in [2.05, 4.69) is 29.0 Å². The van der Waals surface area contributed by atoms with Crippen molar-refractivity contribution in [2.75, 3.05) is 25.4 Å². The van der Waals surface area contributed by atoms with Gasteiger partial charge in [0.05, 0.1) is 18.3 Å². The molecule has 5 heteroatoms. The Morgan fingerprint density at radius 2 is 2.10 bits per heavy atom. The summed E-state index contributed by atoms with van der Waals surface area (Å²) in [5.41, 5.74) is 6.96. The van der Waals surface area contributed by atoms with Crippen molar-refractivity contribution in [1.82, 2.24) is 15.2 Å². The number of nitrogens with one attached hydrogen (secondary N) is 1. The smallest absolute Gasteiger partial charge is 0.226 e. The third kappa shape index (κ3) is 4.70. The van der Waals surface area contributed by atoms with Crippen LogP contribution in [0.25, 0.3) is 0 Å². The van der Waals surface area contributed by atoms with Gasteiger partial charge in [-0.2, -0.15) is 0 Å². The van der Waals surface area contributed by atoms with Crippen molar-refractivity contribution in [1.29, 1.82) is 0 Å². The molecule has 0 spiro atoms. The minimum Gasteiger partial charge on any atom is -0.397 e. The molecule has 0 aromatic carbocycles. The number of hydrogen-bond donors (Lipinski definition) is 2. The highest BCUT2D eigenvalue weighted by Gasteiger charge is 2.24. The second kappa shape index (κ2) is 7.41. The van der Waals surface area contributed by atoms with Gasteiger partial charge in [0.1, 0.15) is 0 Å². The standard InChI is InChI=1S/C16H26N4O/c1-12(2)15(20-7-3-4-8-20)11-19-16(21)9-14-6-5-13(17)10-18-14/h5-6,10,12,15H,3-4,7-9,11,17H2,1-2H3,(H,19,21). The summed E-state index contributed by atoms with van der Waals surface area (Å²) in [6, 6.07) is 4.00. The molecule has 3 N–H and O–H groups in total. The van der Waals surface area contributed by atoms with E-state index in [0.717, 1.165) is 18.8 Å². The van der Waals surface area contributed by atoms with Crippen LogP contribution in [0.4, 0.5) is 5.69 Å². The molecule has 1 aromatic heterocycles. The van der Waals surface area contributed by atoms with E-state index in [1.54, 1.807) is 18.3 Å². The molecule has 1 unspecified atom stereocenters. The molecule has 116 valence electrons. The quantitative estimate of drug-likeness (QED) is 0.831. The second-order valence-electron chi connectivity index (χ2n) is 6.12. The summed E-state index contributed by atoms with van der Waals surface area (Å²) >= 11 is 0. The van der Waals surface area contributed by atoms with Crippen molar-refractivity contribution in [3.8, 4) is 0 Å². The molecule has 0 saturated carbocycles. The fourth-order valence-electron chi connectivity index (χ4n) is 2.85. The summed E-state index contributed by atoms with van der Waals surface area (Å²) in [6.45, 7) is 7.45. The lowest BCUT2D eigenvalue weighted by molar-refractivity contribution is -0.120. The third-order valence-electron chi connectivity index (χ3n) is 4.08. The van der Waals surface area contributed by atoms with Gasteiger partial charge in [0.25, 0.3) is 0 Å². The van der Waals surface area contributed by atoms with Crippen LogP contribution in [0.5, 0.6) is 0 Å². The largest absolute Gasteiger partial charge is 0.397 e. The summed E-state index contributed by atoms with van der Waals surface area (Å²) in [4.78, 5) is 18.7. The van der Waals surface area contributed by atoms with E-state index in [4.69, 9.17) is 5.73 Å². The maximum Gasteiger partial charge on any atom is 0.226 e. The number of amides is 1. The molecule has 0 radical (unpaired) electrons. The van der Waals surface area contributed by atoms with Gasteiger partial charge in [-0.3, -0.25) is 14.7 Å².